The number of nitrogens with zero attached hydrogens (tertiary/aromatic N) is 1. The van der Waals surface area contributed by atoms with E-state index in [1.54, 1.807) is 4.90 Å². The van der Waals surface area contributed by atoms with Crippen LogP contribution in [0.1, 0.15) is 27.8 Å². The molecule has 198 valence electrons. The number of rotatable bonds is 3. The standard InChI is InChI=1S/C36H32NO2P/c1-25-13-19-28(20-14-25)40(29-21-15-26(2)16-22-29,30-23-17-27(3)18-24-30)34-12-8-6-10-32(34)36(39-40)31-9-5-7-11-33(31)37(4)35(36)38/h5-24H,1-4H3/t36-/m1/s1. The summed E-state index contributed by atoms with van der Waals surface area (Å²) < 4.78 is 7.98. The van der Waals surface area contributed by atoms with Gasteiger partial charge in [-0.15, -0.1) is 0 Å². The normalized spacial score (nSPS) is 21.1. The van der Waals surface area contributed by atoms with E-state index in [-0.39, 0.29) is 5.91 Å². The van der Waals surface area contributed by atoms with Gasteiger partial charge in [0.2, 0.25) is 0 Å². The summed E-state index contributed by atoms with van der Waals surface area (Å²) in [6.45, 7) is 2.36. The van der Waals surface area contributed by atoms with Gasteiger partial charge in [0.25, 0.3) is 0 Å². The van der Waals surface area contributed by atoms with Crippen LogP contribution in [0.15, 0.2) is 121 Å². The van der Waals surface area contributed by atoms with E-state index in [2.05, 4.69) is 118 Å². The van der Waals surface area contributed by atoms with Gasteiger partial charge in [0, 0.05) is 0 Å². The zero-order chi connectivity index (χ0) is 27.7. The number of carbonyl (C=O) groups is 1. The van der Waals surface area contributed by atoms with Crippen molar-refractivity contribution >= 4 is 39.6 Å². The average Bonchev–Trinajstić information content (AvgIpc) is 3.39. The molecule has 5 aromatic rings. The van der Waals surface area contributed by atoms with E-state index in [0.29, 0.717) is 0 Å². The Bertz CT molecular complexity index is 1680. The van der Waals surface area contributed by atoms with Crippen molar-refractivity contribution in [1.29, 1.82) is 0 Å². The molecular weight excluding hydrogens is 509 g/mol. The summed E-state index contributed by atoms with van der Waals surface area (Å²) in [6.07, 6.45) is 0. The maximum absolute atomic E-state index is 14.7. The molecule has 40 heavy (non-hydrogen) atoms. The van der Waals surface area contributed by atoms with Crippen LogP contribution in [0.5, 0.6) is 0 Å². The Labute approximate surface area is 236 Å². The molecule has 3 nitrogen and oxygen atoms in total. The molecule has 0 radical (unpaired) electrons. The Hall–Kier alpha value is -4.04. The number of hydrogen-bond acceptors (Lipinski definition) is 2. The predicted molar refractivity (Wildman–Crippen MR) is 167 cm³/mol. The molecule has 4 heteroatoms. The third-order valence-corrected chi connectivity index (χ3v) is 14.7. The van der Waals surface area contributed by atoms with Gasteiger partial charge in [-0.25, -0.2) is 0 Å². The minimum atomic E-state index is -3.97. The second-order valence-corrected chi connectivity index (χ2v) is 15.5. The first-order chi connectivity index (χ1) is 19.3. The van der Waals surface area contributed by atoms with Gasteiger partial charge in [-0.3, -0.25) is 0 Å². The van der Waals surface area contributed by atoms with Crippen molar-refractivity contribution in [2.45, 2.75) is 26.4 Å². The zero-order valence-electron chi connectivity index (χ0n) is 23.3. The fourth-order valence-corrected chi connectivity index (χ4v) is 13.1. The number of para-hydroxylation sites is 1. The van der Waals surface area contributed by atoms with Crippen molar-refractivity contribution in [1.82, 2.24) is 0 Å². The number of anilines is 1. The van der Waals surface area contributed by atoms with Crippen molar-refractivity contribution in [2.75, 3.05) is 11.9 Å². The molecule has 0 saturated heterocycles. The molecule has 5 aromatic carbocycles. The summed E-state index contributed by atoms with van der Waals surface area (Å²) in [6, 6.07) is 42.8. The van der Waals surface area contributed by atoms with Crippen LogP contribution >= 0.6 is 6.83 Å². The Balaban J connectivity index is 1.74. The molecule has 0 aliphatic carbocycles. The molecule has 7 rings (SSSR count). The fraction of sp³-hybridized carbons (Fsp3) is 0.139. The number of carbonyl (C=O) groups excluding carboxylic acids is 1. The van der Waals surface area contributed by atoms with Crippen molar-refractivity contribution < 1.29 is 9.32 Å². The SMILES string of the molecule is Cc1ccc(P2(c3ccc(C)cc3)(c3ccc(C)cc3)O[C@@]3(C(=O)N(C)c4ccccc43)c3ccccc32)cc1. The molecule has 0 aromatic heterocycles. The molecule has 1 atom stereocenters. The summed E-state index contributed by atoms with van der Waals surface area (Å²) >= 11 is 0. The van der Waals surface area contributed by atoms with Gasteiger partial charge in [-0.05, 0) is 0 Å². The van der Waals surface area contributed by atoms with Crippen LogP contribution in [0, 0.1) is 20.8 Å². The Morgan fingerprint density at radius 3 is 1.50 bits per heavy atom. The molecule has 2 aliphatic rings. The molecule has 0 N–H and O–H groups in total. The van der Waals surface area contributed by atoms with E-state index in [0.717, 1.165) is 38.0 Å². The molecule has 1 spiro atoms. The van der Waals surface area contributed by atoms with Crippen LogP contribution in [0.3, 0.4) is 0 Å². The van der Waals surface area contributed by atoms with Crippen molar-refractivity contribution in [2.24, 2.45) is 0 Å². The number of hydrogen-bond donors (Lipinski definition) is 0. The zero-order valence-corrected chi connectivity index (χ0v) is 24.2. The fourth-order valence-electron chi connectivity index (χ4n) is 6.90. The molecule has 0 unspecified atom stereocenters. The first-order valence-electron chi connectivity index (χ1n) is 13.7. The number of benzene rings is 5. The van der Waals surface area contributed by atoms with Crippen molar-refractivity contribution in [3.8, 4) is 0 Å². The van der Waals surface area contributed by atoms with Gasteiger partial charge >= 0.3 is 236 Å². The third-order valence-electron chi connectivity index (χ3n) is 8.89. The summed E-state index contributed by atoms with van der Waals surface area (Å²) in [5.41, 5.74) is 4.97. The quantitative estimate of drug-likeness (QED) is 0.265. The van der Waals surface area contributed by atoms with Gasteiger partial charge in [0.15, 0.2) is 0 Å². The second kappa shape index (κ2) is 8.48. The molecule has 1 amide bonds. The number of likely N-dealkylation sites (N-methyl/N-ethyl adjacent to an activating group) is 1. The third kappa shape index (κ3) is 2.89. The topological polar surface area (TPSA) is 29.5 Å². The van der Waals surface area contributed by atoms with Crippen molar-refractivity contribution in [3.63, 3.8) is 0 Å². The molecule has 0 saturated carbocycles. The van der Waals surface area contributed by atoms with Crippen LogP contribution < -0.4 is 26.1 Å². The average molecular weight is 542 g/mol. The van der Waals surface area contributed by atoms with Crippen LogP contribution in [-0.2, 0) is 14.9 Å². The summed E-state index contributed by atoms with van der Waals surface area (Å²) in [7, 11) is 1.86. The van der Waals surface area contributed by atoms with Crippen LogP contribution in [0.4, 0.5) is 5.69 Å². The monoisotopic (exact) mass is 541 g/mol. The number of fused-ring (bicyclic) bond motifs is 4. The van der Waals surface area contributed by atoms with Gasteiger partial charge in [0.05, 0.1) is 0 Å². The second-order valence-electron chi connectivity index (χ2n) is 11.2. The molecular formula is C36H32NO2P. The van der Waals surface area contributed by atoms with E-state index < -0.39 is 12.4 Å². The summed E-state index contributed by atoms with van der Waals surface area (Å²) in [4.78, 5) is 16.4. The van der Waals surface area contributed by atoms with E-state index in [1.165, 1.54) is 16.7 Å². The molecule has 2 aliphatic heterocycles. The van der Waals surface area contributed by atoms with Crippen LogP contribution in [0.25, 0.3) is 0 Å². The molecule has 2 heterocycles. The number of aryl methyl sites for hydroxylation is 3. The predicted octanol–water partition coefficient (Wildman–Crippen LogP) is 5.93. The van der Waals surface area contributed by atoms with Crippen LogP contribution in [-0.4, -0.2) is 13.0 Å². The minimum absolute atomic E-state index is 0.0565. The Kier molecular flexibility index (Phi) is 5.29. The molecule has 0 fully saturated rings. The van der Waals surface area contributed by atoms with E-state index >= 15 is 0 Å². The van der Waals surface area contributed by atoms with E-state index in [9.17, 15) is 4.79 Å². The first-order valence-corrected chi connectivity index (χ1v) is 15.9. The van der Waals surface area contributed by atoms with E-state index in [1.807, 2.05) is 31.3 Å². The van der Waals surface area contributed by atoms with E-state index in [4.69, 9.17) is 4.52 Å². The molecule has 0 bridgehead atoms. The Morgan fingerprint density at radius 1 is 0.575 bits per heavy atom. The summed E-state index contributed by atoms with van der Waals surface area (Å²) in [5, 5.41) is 4.36. The van der Waals surface area contributed by atoms with Crippen molar-refractivity contribution in [3.05, 3.63) is 149 Å². The number of amides is 1. The Morgan fingerprint density at radius 2 is 1.00 bits per heavy atom. The van der Waals surface area contributed by atoms with Gasteiger partial charge in [-0.2, -0.15) is 0 Å². The van der Waals surface area contributed by atoms with Crippen LogP contribution in [0.2, 0.25) is 0 Å². The van der Waals surface area contributed by atoms with Gasteiger partial charge in [-0.1, -0.05) is 0 Å². The maximum atomic E-state index is 14.7. The first kappa shape index (κ1) is 25.0. The van der Waals surface area contributed by atoms with Gasteiger partial charge in [0.1, 0.15) is 0 Å². The summed E-state index contributed by atoms with van der Waals surface area (Å²) in [5.74, 6) is -0.0565. The van der Waals surface area contributed by atoms with Gasteiger partial charge < -0.3 is 0 Å².